The van der Waals surface area contributed by atoms with Crippen molar-refractivity contribution in [2.75, 3.05) is 6.61 Å². The van der Waals surface area contributed by atoms with Gasteiger partial charge < -0.3 is 9.84 Å². The van der Waals surface area contributed by atoms with Gasteiger partial charge in [-0.3, -0.25) is 0 Å². The van der Waals surface area contributed by atoms with E-state index in [1.165, 1.54) is 0 Å². The third kappa shape index (κ3) is 3.48. The molecule has 0 aliphatic rings. The van der Waals surface area contributed by atoms with Gasteiger partial charge in [0.2, 0.25) is 0 Å². The molecule has 0 amide bonds. The molecule has 0 unspecified atom stereocenters. The van der Waals surface area contributed by atoms with E-state index in [0.29, 0.717) is 12.2 Å². The predicted octanol–water partition coefficient (Wildman–Crippen LogP) is 4.71. The SMILES string of the molecule is CCCOc1ccc(-c2ccc(C(=O)O)cc2CC)c(C)c1. The fraction of sp³-hybridized carbons (Fsp3) is 0.316. The minimum Gasteiger partial charge on any atom is -0.494 e. The first kappa shape index (κ1) is 16.1. The third-order valence-electron chi connectivity index (χ3n) is 3.69. The van der Waals surface area contributed by atoms with E-state index >= 15 is 0 Å². The zero-order valence-electron chi connectivity index (χ0n) is 13.3. The average Bonchev–Trinajstić information content (AvgIpc) is 2.52. The minimum atomic E-state index is -0.888. The molecule has 0 radical (unpaired) electrons. The quantitative estimate of drug-likeness (QED) is 0.840. The van der Waals surface area contributed by atoms with E-state index in [4.69, 9.17) is 9.84 Å². The van der Waals surface area contributed by atoms with Crippen molar-refractivity contribution in [2.45, 2.75) is 33.6 Å². The molecule has 116 valence electrons. The van der Waals surface area contributed by atoms with Gasteiger partial charge in [-0.05, 0) is 66.3 Å². The van der Waals surface area contributed by atoms with Gasteiger partial charge in [0, 0.05) is 0 Å². The first-order valence-electron chi connectivity index (χ1n) is 7.66. The summed E-state index contributed by atoms with van der Waals surface area (Å²) in [7, 11) is 0. The van der Waals surface area contributed by atoms with Gasteiger partial charge in [-0.1, -0.05) is 26.0 Å². The Morgan fingerprint density at radius 3 is 2.41 bits per heavy atom. The van der Waals surface area contributed by atoms with Crippen molar-refractivity contribution < 1.29 is 14.6 Å². The van der Waals surface area contributed by atoms with Gasteiger partial charge in [0.05, 0.1) is 12.2 Å². The first-order valence-corrected chi connectivity index (χ1v) is 7.66. The second-order valence-corrected chi connectivity index (χ2v) is 5.36. The molecule has 2 aromatic rings. The topological polar surface area (TPSA) is 46.5 Å². The van der Waals surface area contributed by atoms with E-state index in [1.807, 2.05) is 25.1 Å². The highest BCUT2D eigenvalue weighted by Crippen LogP contribution is 2.30. The number of aryl methyl sites for hydroxylation is 2. The summed E-state index contributed by atoms with van der Waals surface area (Å²) in [6.45, 7) is 6.89. The summed E-state index contributed by atoms with van der Waals surface area (Å²) in [5.41, 5.74) is 4.72. The highest BCUT2D eigenvalue weighted by molar-refractivity contribution is 5.89. The van der Waals surface area contributed by atoms with Crippen LogP contribution in [-0.2, 0) is 6.42 Å². The summed E-state index contributed by atoms with van der Waals surface area (Å²) in [6.07, 6.45) is 1.78. The maximum Gasteiger partial charge on any atom is 0.335 e. The summed E-state index contributed by atoms with van der Waals surface area (Å²) in [5, 5.41) is 9.12. The van der Waals surface area contributed by atoms with Crippen LogP contribution in [0.1, 0.15) is 41.8 Å². The van der Waals surface area contributed by atoms with E-state index in [9.17, 15) is 4.79 Å². The zero-order valence-corrected chi connectivity index (χ0v) is 13.3. The monoisotopic (exact) mass is 298 g/mol. The molecule has 0 aromatic heterocycles. The lowest BCUT2D eigenvalue weighted by molar-refractivity contribution is 0.0697. The molecular weight excluding hydrogens is 276 g/mol. The van der Waals surface area contributed by atoms with Crippen molar-refractivity contribution in [3.63, 3.8) is 0 Å². The van der Waals surface area contributed by atoms with Gasteiger partial charge >= 0.3 is 5.97 Å². The molecule has 0 heterocycles. The fourth-order valence-electron chi connectivity index (χ4n) is 2.53. The molecule has 0 aliphatic heterocycles. The van der Waals surface area contributed by atoms with Crippen molar-refractivity contribution in [3.8, 4) is 16.9 Å². The Bertz CT molecular complexity index is 674. The molecule has 0 spiro atoms. The van der Waals surface area contributed by atoms with Crippen molar-refractivity contribution in [2.24, 2.45) is 0 Å². The second-order valence-electron chi connectivity index (χ2n) is 5.36. The largest absolute Gasteiger partial charge is 0.494 e. The molecule has 0 aliphatic carbocycles. The van der Waals surface area contributed by atoms with E-state index < -0.39 is 5.97 Å². The van der Waals surface area contributed by atoms with Crippen LogP contribution in [0.2, 0.25) is 0 Å². The number of carbonyl (C=O) groups is 1. The maximum atomic E-state index is 11.1. The molecule has 2 rings (SSSR count). The highest BCUT2D eigenvalue weighted by Gasteiger charge is 2.11. The number of aromatic carboxylic acids is 1. The van der Waals surface area contributed by atoms with Crippen LogP contribution < -0.4 is 4.74 Å². The van der Waals surface area contributed by atoms with E-state index in [2.05, 4.69) is 19.9 Å². The average molecular weight is 298 g/mol. The standard InChI is InChI=1S/C19H22O3/c1-4-10-22-16-7-9-17(13(3)11-16)18-8-6-15(19(20)21)12-14(18)5-2/h6-9,11-12H,4-5,10H2,1-3H3,(H,20,21). The van der Waals surface area contributed by atoms with Gasteiger partial charge in [0.15, 0.2) is 0 Å². The number of rotatable bonds is 6. The molecule has 0 saturated heterocycles. The smallest absolute Gasteiger partial charge is 0.335 e. The summed E-state index contributed by atoms with van der Waals surface area (Å²) >= 11 is 0. The number of ether oxygens (including phenoxy) is 1. The van der Waals surface area contributed by atoms with Crippen LogP contribution in [0.15, 0.2) is 36.4 Å². The number of carboxylic acids is 1. The Morgan fingerprint density at radius 2 is 1.82 bits per heavy atom. The van der Waals surface area contributed by atoms with Crippen LogP contribution in [0.5, 0.6) is 5.75 Å². The van der Waals surface area contributed by atoms with Crippen LogP contribution in [0.25, 0.3) is 11.1 Å². The van der Waals surface area contributed by atoms with Crippen LogP contribution in [-0.4, -0.2) is 17.7 Å². The predicted molar refractivity (Wildman–Crippen MR) is 88.7 cm³/mol. The van der Waals surface area contributed by atoms with Gasteiger partial charge in [0.25, 0.3) is 0 Å². The molecule has 0 fully saturated rings. The first-order chi connectivity index (χ1) is 10.6. The van der Waals surface area contributed by atoms with E-state index in [1.54, 1.807) is 12.1 Å². The summed E-state index contributed by atoms with van der Waals surface area (Å²) in [4.78, 5) is 11.1. The lowest BCUT2D eigenvalue weighted by atomic mass is 9.93. The Hall–Kier alpha value is -2.29. The lowest BCUT2D eigenvalue weighted by Crippen LogP contribution is -2.00. The van der Waals surface area contributed by atoms with Crippen LogP contribution in [0.3, 0.4) is 0 Å². The Morgan fingerprint density at radius 1 is 1.09 bits per heavy atom. The summed E-state index contributed by atoms with van der Waals surface area (Å²) in [5.74, 6) is -0.00964. The van der Waals surface area contributed by atoms with Gasteiger partial charge in [-0.2, -0.15) is 0 Å². The minimum absolute atomic E-state index is 0.334. The fourth-order valence-corrected chi connectivity index (χ4v) is 2.53. The maximum absolute atomic E-state index is 11.1. The lowest BCUT2D eigenvalue weighted by Gasteiger charge is -2.13. The van der Waals surface area contributed by atoms with Gasteiger partial charge in [-0.25, -0.2) is 4.79 Å². The van der Waals surface area contributed by atoms with Crippen molar-refractivity contribution in [1.29, 1.82) is 0 Å². The van der Waals surface area contributed by atoms with Crippen LogP contribution >= 0.6 is 0 Å². The van der Waals surface area contributed by atoms with E-state index in [0.717, 1.165) is 40.8 Å². The molecule has 0 atom stereocenters. The molecule has 3 nitrogen and oxygen atoms in total. The second kappa shape index (κ2) is 7.12. The zero-order chi connectivity index (χ0) is 16.1. The number of hydrogen-bond donors (Lipinski definition) is 1. The normalized spacial score (nSPS) is 10.5. The Labute approximate surface area is 131 Å². The Balaban J connectivity index is 2.41. The molecule has 0 saturated carbocycles. The van der Waals surface area contributed by atoms with Crippen LogP contribution in [0, 0.1) is 6.92 Å². The number of carboxylic acid groups (broad SMARTS) is 1. The molecular formula is C19H22O3. The van der Waals surface area contributed by atoms with Crippen LogP contribution in [0.4, 0.5) is 0 Å². The molecule has 2 aromatic carbocycles. The highest BCUT2D eigenvalue weighted by atomic mass is 16.5. The van der Waals surface area contributed by atoms with Gasteiger partial charge in [-0.15, -0.1) is 0 Å². The van der Waals surface area contributed by atoms with Gasteiger partial charge in [0.1, 0.15) is 5.75 Å². The summed E-state index contributed by atoms with van der Waals surface area (Å²) in [6, 6.07) is 11.4. The summed E-state index contributed by atoms with van der Waals surface area (Å²) < 4.78 is 5.66. The molecule has 3 heteroatoms. The van der Waals surface area contributed by atoms with E-state index in [-0.39, 0.29) is 0 Å². The Kier molecular flexibility index (Phi) is 5.21. The third-order valence-corrected chi connectivity index (χ3v) is 3.69. The number of benzene rings is 2. The van der Waals surface area contributed by atoms with Crippen molar-refractivity contribution in [3.05, 3.63) is 53.1 Å². The van der Waals surface area contributed by atoms with Crippen molar-refractivity contribution in [1.82, 2.24) is 0 Å². The number of hydrogen-bond acceptors (Lipinski definition) is 2. The molecule has 0 bridgehead atoms. The molecule has 1 N–H and O–H groups in total. The van der Waals surface area contributed by atoms with Crippen molar-refractivity contribution >= 4 is 5.97 Å². The molecule has 22 heavy (non-hydrogen) atoms.